The van der Waals surface area contributed by atoms with E-state index in [9.17, 15) is 9.59 Å². The Morgan fingerprint density at radius 3 is 2.00 bits per heavy atom. The van der Waals surface area contributed by atoms with Crippen LogP contribution in [0.2, 0.25) is 0 Å². The number of aliphatic hydroxyl groups excluding tert-OH is 2. The van der Waals surface area contributed by atoms with E-state index in [1.807, 2.05) is 0 Å². The lowest BCUT2D eigenvalue weighted by molar-refractivity contribution is -0.122. The topological polar surface area (TPSA) is 123 Å². The minimum atomic E-state index is -0.528. The molecule has 0 rings (SSSR count). The Labute approximate surface area is 124 Å². The summed E-state index contributed by atoms with van der Waals surface area (Å²) in [7, 11) is 0. The number of amides is 2. The van der Waals surface area contributed by atoms with Crippen LogP contribution < -0.4 is 10.9 Å². The molecule has 0 aromatic heterocycles. The van der Waals surface area contributed by atoms with Crippen molar-refractivity contribution in [3.8, 4) is 0 Å². The molecular weight excluding hydrogens is 276 g/mol. The van der Waals surface area contributed by atoms with E-state index < -0.39 is 12.2 Å². The van der Waals surface area contributed by atoms with Crippen molar-refractivity contribution in [2.24, 2.45) is 10.2 Å². The summed E-state index contributed by atoms with van der Waals surface area (Å²) in [6.45, 7) is 4.82. The quantitative estimate of drug-likeness (QED) is 0.351. The zero-order chi connectivity index (χ0) is 16.3. The molecule has 0 heterocycles. The highest BCUT2D eigenvalue weighted by molar-refractivity contribution is 6.29. The number of hydrogen-bond donors (Lipinski definition) is 4. The van der Waals surface area contributed by atoms with Crippen LogP contribution in [-0.2, 0) is 9.59 Å². The van der Waals surface area contributed by atoms with Gasteiger partial charge in [-0.05, 0) is 33.6 Å². The van der Waals surface area contributed by atoms with Gasteiger partial charge in [0.1, 0.15) is 0 Å². The molecule has 0 aromatic carbocycles. The first-order chi connectivity index (χ1) is 9.81. The smallest absolute Gasteiger partial charge is 0.240 e. The Hall–Kier alpha value is -1.80. The van der Waals surface area contributed by atoms with E-state index in [2.05, 4.69) is 21.1 Å². The molecule has 0 spiro atoms. The van der Waals surface area contributed by atoms with Crippen LogP contribution in [0, 0.1) is 0 Å². The van der Waals surface area contributed by atoms with Crippen molar-refractivity contribution >= 4 is 23.7 Å². The summed E-state index contributed by atoms with van der Waals surface area (Å²) in [5, 5.41) is 25.5. The van der Waals surface area contributed by atoms with Gasteiger partial charge in [-0.3, -0.25) is 9.59 Å². The lowest BCUT2D eigenvalue weighted by Crippen LogP contribution is -2.22. The predicted octanol–water partition coefficient (Wildman–Crippen LogP) is -0.0975. The third kappa shape index (κ3) is 13.0. The second-order valence-electron chi connectivity index (χ2n) is 4.86. The van der Waals surface area contributed by atoms with Crippen LogP contribution in [0.25, 0.3) is 0 Å². The van der Waals surface area contributed by atoms with Crippen molar-refractivity contribution in [3.05, 3.63) is 0 Å². The normalized spacial score (nSPS) is 14.8. The van der Waals surface area contributed by atoms with Crippen molar-refractivity contribution < 1.29 is 19.8 Å². The Morgan fingerprint density at radius 1 is 1.05 bits per heavy atom. The summed E-state index contributed by atoms with van der Waals surface area (Å²) < 4.78 is 0. The number of nitrogens with one attached hydrogen (secondary N) is 2. The molecule has 0 fully saturated rings. The van der Waals surface area contributed by atoms with Gasteiger partial charge in [0, 0.05) is 12.8 Å². The van der Waals surface area contributed by atoms with Gasteiger partial charge < -0.3 is 10.2 Å². The van der Waals surface area contributed by atoms with E-state index in [0.29, 0.717) is 18.6 Å². The zero-order valence-corrected chi connectivity index (χ0v) is 12.7. The first kappa shape index (κ1) is 19.2. The highest BCUT2D eigenvalue weighted by Crippen LogP contribution is 1.95. The second-order valence-corrected chi connectivity index (χ2v) is 4.86. The molecule has 2 atom stereocenters. The van der Waals surface area contributed by atoms with Crippen LogP contribution >= 0.6 is 0 Å². The summed E-state index contributed by atoms with van der Waals surface area (Å²) in [5.74, 6) is -0.606. The van der Waals surface area contributed by atoms with Crippen LogP contribution in [0.3, 0.4) is 0 Å². The standard InChI is InChI=1S/C13H24N4O4/c1-9(15-17-13(21)7-5-11(3)19)8-14-16-12(20)6-4-10(2)18/h8,10-11,18-19H,4-7H2,1-3H3,(H,16,20)(H,17,21)/b14-8+,15-9+. The fourth-order valence-electron chi connectivity index (χ4n) is 1.17. The number of nitrogens with zero attached hydrogens (tertiary/aromatic N) is 2. The highest BCUT2D eigenvalue weighted by atomic mass is 16.3. The number of hydrogen-bond acceptors (Lipinski definition) is 6. The third-order valence-electron chi connectivity index (χ3n) is 2.38. The highest BCUT2D eigenvalue weighted by Gasteiger charge is 2.03. The maximum absolute atomic E-state index is 11.3. The summed E-state index contributed by atoms with van der Waals surface area (Å²) in [4.78, 5) is 22.6. The lowest BCUT2D eigenvalue weighted by Gasteiger charge is -2.03. The molecule has 0 aliphatic heterocycles. The Balaban J connectivity index is 3.97. The Kier molecular flexibility index (Phi) is 9.99. The SMILES string of the molecule is CC(/C=N/NC(=O)CCC(C)O)=N\NC(=O)CCC(C)O. The minimum absolute atomic E-state index is 0.182. The maximum atomic E-state index is 11.3. The van der Waals surface area contributed by atoms with Gasteiger partial charge in [-0.2, -0.15) is 10.2 Å². The molecule has 8 heteroatoms. The molecule has 8 nitrogen and oxygen atoms in total. The van der Waals surface area contributed by atoms with Gasteiger partial charge in [0.05, 0.1) is 24.1 Å². The molecule has 2 amide bonds. The fourth-order valence-corrected chi connectivity index (χ4v) is 1.17. The van der Waals surface area contributed by atoms with E-state index in [4.69, 9.17) is 10.2 Å². The molecule has 0 aliphatic rings. The first-order valence-corrected chi connectivity index (χ1v) is 6.82. The van der Waals surface area contributed by atoms with Gasteiger partial charge >= 0.3 is 0 Å². The van der Waals surface area contributed by atoms with Gasteiger partial charge in [-0.15, -0.1) is 0 Å². The third-order valence-corrected chi connectivity index (χ3v) is 2.38. The average molecular weight is 300 g/mol. The van der Waals surface area contributed by atoms with Gasteiger partial charge in [0.25, 0.3) is 0 Å². The number of hydrazone groups is 2. The van der Waals surface area contributed by atoms with Crippen LogP contribution in [0.15, 0.2) is 10.2 Å². The molecule has 4 N–H and O–H groups in total. The van der Waals surface area contributed by atoms with Gasteiger partial charge in [0.15, 0.2) is 0 Å². The van der Waals surface area contributed by atoms with Gasteiger partial charge in [-0.25, -0.2) is 10.9 Å². The van der Waals surface area contributed by atoms with E-state index in [1.54, 1.807) is 20.8 Å². The van der Waals surface area contributed by atoms with Crippen molar-refractivity contribution in [2.45, 2.75) is 58.7 Å². The monoisotopic (exact) mass is 300 g/mol. The van der Waals surface area contributed by atoms with Crippen LogP contribution in [0.4, 0.5) is 0 Å². The van der Waals surface area contributed by atoms with E-state index >= 15 is 0 Å². The lowest BCUT2D eigenvalue weighted by atomic mass is 10.2. The number of rotatable bonds is 9. The predicted molar refractivity (Wildman–Crippen MR) is 79.7 cm³/mol. The number of aliphatic hydroxyl groups is 2. The number of carbonyl (C=O) groups excluding carboxylic acids is 2. The fraction of sp³-hybridized carbons (Fsp3) is 0.692. The van der Waals surface area contributed by atoms with Crippen molar-refractivity contribution in [1.82, 2.24) is 10.9 Å². The number of carbonyl (C=O) groups is 2. The summed E-state index contributed by atoms with van der Waals surface area (Å²) in [5.41, 5.74) is 5.02. The van der Waals surface area contributed by atoms with Crippen molar-refractivity contribution in [3.63, 3.8) is 0 Å². The van der Waals surface area contributed by atoms with Gasteiger partial charge in [0.2, 0.25) is 11.8 Å². The second kappa shape index (κ2) is 10.9. The maximum Gasteiger partial charge on any atom is 0.240 e. The molecule has 2 unspecified atom stereocenters. The van der Waals surface area contributed by atoms with Crippen molar-refractivity contribution in [2.75, 3.05) is 0 Å². The Morgan fingerprint density at radius 2 is 1.52 bits per heavy atom. The first-order valence-electron chi connectivity index (χ1n) is 6.82. The molecule has 0 bridgehead atoms. The molecule has 0 radical (unpaired) electrons. The van der Waals surface area contributed by atoms with Crippen LogP contribution in [0.5, 0.6) is 0 Å². The Bertz CT molecular complexity index is 392. The molecule has 120 valence electrons. The summed E-state index contributed by atoms with van der Waals surface area (Å²) in [6.07, 6.45) is 1.35. The average Bonchev–Trinajstić information content (AvgIpc) is 2.40. The summed E-state index contributed by atoms with van der Waals surface area (Å²) >= 11 is 0. The molecule has 0 aliphatic carbocycles. The molecule has 0 saturated heterocycles. The largest absolute Gasteiger partial charge is 0.393 e. The molecule has 0 aromatic rings. The molecule has 21 heavy (non-hydrogen) atoms. The van der Waals surface area contributed by atoms with Crippen LogP contribution in [0.1, 0.15) is 46.5 Å². The van der Waals surface area contributed by atoms with E-state index in [0.717, 1.165) is 0 Å². The van der Waals surface area contributed by atoms with Crippen molar-refractivity contribution in [1.29, 1.82) is 0 Å². The summed E-state index contributed by atoms with van der Waals surface area (Å²) in [6, 6.07) is 0. The zero-order valence-electron chi connectivity index (χ0n) is 12.7. The van der Waals surface area contributed by atoms with Crippen LogP contribution in [-0.4, -0.2) is 46.2 Å². The van der Waals surface area contributed by atoms with Gasteiger partial charge in [-0.1, -0.05) is 0 Å². The minimum Gasteiger partial charge on any atom is -0.393 e. The van der Waals surface area contributed by atoms with E-state index in [-0.39, 0.29) is 24.7 Å². The van der Waals surface area contributed by atoms with E-state index in [1.165, 1.54) is 6.21 Å². The molecular formula is C13H24N4O4. The molecule has 0 saturated carbocycles.